The summed E-state index contributed by atoms with van der Waals surface area (Å²) in [6.07, 6.45) is 4.39. The maximum atomic E-state index is 12.0. The van der Waals surface area contributed by atoms with Gasteiger partial charge in [-0.25, -0.2) is 0 Å². The number of carbonyl (C=O) groups is 1. The molecule has 3 nitrogen and oxygen atoms in total. The van der Waals surface area contributed by atoms with Gasteiger partial charge in [-0.15, -0.1) is 0 Å². The molecule has 0 atom stereocenters. The van der Waals surface area contributed by atoms with Crippen molar-refractivity contribution in [1.82, 2.24) is 4.90 Å². The summed E-state index contributed by atoms with van der Waals surface area (Å²) in [6, 6.07) is 5.54. The molecule has 19 heavy (non-hydrogen) atoms. The van der Waals surface area contributed by atoms with Crippen LogP contribution < -0.4 is 5.32 Å². The summed E-state index contributed by atoms with van der Waals surface area (Å²) in [5, 5.41) is 3.51. The van der Waals surface area contributed by atoms with E-state index in [1.54, 1.807) is 6.07 Å². The summed E-state index contributed by atoms with van der Waals surface area (Å²) < 4.78 is 0. The van der Waals surface area contributed by atoms with Gasteiger partial charge >= 0.3 is 0 Å². The van der Waals surface area contributed by atoms with Crippen LogP contribution in [0.3, 0.4) is 0 Å². The van der Waals surface area contributed by atoms with E-state index in [-0.39, 0.29) is 5.91 Å². The minimum absolute atomic E-state index is 0.0316. The minimum Gasteiger partial charge on any atom is -0.377 e. The Bertz CT molecular complexity index is 545. The van der Waals surface area contributed by atoms with Gasteiger partial charge in [-0.05, 0) is 30.9 Å². The lowest BCUT2D eigenvalue weighted by atomic mass is 9.99. The van der Waals surface area contributed by atoms with E-state index in [9.17, 15) is 4.79 Å². The molecule has 0 aliphatic carbocycles. The number of halogens is 1. The standard InChI is InChI=1S/C15H17ClN2O/c1-10-4-6-18(7-5-10)9-13-12-3-2-11(16)8-14(12)17-15(13)19/h2-3,8-10H,4-7H2,1H3,(H,17,19)/b13-9+. The smallest absolute Gasteiger partial charge is 0.257 e. The van der Waals surface area contributed by atoms with E-state index in [4.69, 9.17) is 11.6 Å². The van der Waals surface area contributed by atoms with Crippen molar-refractivity contribution in [3.05, 3.63) is 35.0 Å². The molecule has 0 unspecified atom stereocenters. The van der Waals surface area contributed by atoms with E-state index in [1.807, 2.05) is 18.3 Å². The van der Waals surface area contributed by atoms with E-state index in [0.717, 1.165) is 35.8 Å². The average molecular weight is 277 g/mol. The van der Waals surface area contributed by atoms with Crippen LogP contribution in [0.25, 0.3) is 5.57 Å². The molecule has 0 radical (unpaired) electrons. The van der Waals surface area contributed by atoms with Crippen LogP contribution >= 0.6 is 11.6 Å². The number of piperidine rings is 1. The largest absolute Gasteiger partial charge is 0.377 e. The fraction of sp³-hybridized carbons (Fsp3) is 0.400. The highest BCUT2D eigenvalue weighted by Crippen LogP contribution is 2.34. The van der Waals surface area contributed by atoms with Crippen LogP contribution in [0.4, 0.5) is 5.69 Å². The van der Waals surface area contributed by atoms with Crippen molar-refractivity contribution in [3.63, 3.8) is 0 Å². The second kappa shape index (κ2) is 4.89. The molecule has 0 aromatic heterocycles. The maximum Gasteiger partial charge on any atom is 0.257 e. The lowest BCUT2D eigenvalue weighted by Crippen LogP contribution is -2.29. The number of anilines is 1. The number of likely N-dealkylation sites (tertiary alicyclic amines) is 1. The van der Waals surface area contributed by atoms with Crippen molar-refractivity contribution in [2.75, 3.05) is 18.4 Å². The van der Waals surface area contributed by atoms with Crippen molar-refractivity contribution in [3.8, 4) is 0 Å². The van der Waals surface area contributed by atoms with Crippen molar-refractivity contribution >= 4 is 28.8 Å². The zero-order valence-electron chi connectivity index (χ0n) is 10.9. The number of nitrogens with zero attached hydrogens (tertiary/aromatic N) is 1. The summed E-state index contributed by atoms with van der Waals surface area (Å²) in [5.41, 5.74) is 2.52. The molecule has 1 aromatic carbocycles. The van der Waals surface area contributed by atoms with E-state index >= 15 is 0 Å². The van der Waals surface area contributed by atoms with E-state index in [0.29, 0.717) is 5.02 Å². The molecule has 3 rings (SSSR count). The molecule has 0 bridgehead atoms. The first-order valence-corrected chi connectivity index (χ1v) is 7.08. The van der Waals surface area contributed by atoms with Crippen molar-refractivity contribution < 1.29 is 4.79 Å². The van der Waals surface area contributed by atoms with Gasteiger partial charge in [0.1, 0.15) is 0 Å². The number of benzene rings is 1. The first-order valence-electron chi connectivity index (χ1n) is 6.70. The van der Waals surface area contributed by atoms with Gasteiger partial charge in [0, 0.05) is 29.9 Å². The van der Waals surface area contributed by atoms with Crippen LogP contribution in [0.5, 0.6) is 0 Å². The predicted molar refractivity (Wildman–Crippen MR) is 78.0 cm³/mol. The van der Waals surface area contributed by atoms with Crippen LogP contribution in [-0.2, 0) is 4.79 Å². The van der Waals surface area contributed by atoms with Gasteiger partial charge in [0.25, 0.3) is 5.91 Å². The lowest BCUT2D eigenvalue weighted by Gasteiger charge is -2.29. The minimum atomic E-state index is -0.0316. The van der Waals surface area contributed by atoms with Gasteiger partial charge in [0.05, 0.1) is 11.3 Å². The van der Waals surface area contributed by atoms with Crippen LogP contribution in [0.2, 0.25) is 5.02 Å². The molecule has 0 saturated carbocycles. The van der Waals surface area contributed by atoms with E-state index in [2.05, 4.69) is 17.1 Å². The third-order valence-electron chi connectivity index (χ3n) is 3.89. The molecule has 2 aliphatic heterocycles. The molecule has 2 aliphatic rings. The summed E-state index contributed by atoms with van der Waals surface area (Å²) >= 11 is 5.95. The zero-order chi connectivity index (χ0) is 13.4. The molecular formula is C15H17ClN2O. The van der Waals surface area contributed by atoms with Gasteiger partial charge in [0.2, 0.25) is 0 Å². The number of hydrogen-bond donors (Lipinski definition) is 1. The molecule has 1 amide bonds. The van der Waals surface area contributed by atoms with Gasteiger partial charge in [-0.3, -0.25) is 4.79 Å². The Labute approximate surface area is 118 Å². The molecule has 1 N–H and O–H groups in total. The normalized spacial score (nSPS) is 21.7. The summed E-state index contributed by atoms with van der Waals surface area (Å²) in [7, 11) is 0. The molecular weight excluding hydrogens is 260 g/mol. The van der Waals surface area contributed by atoms with E-state index in [1.165, 1.54) is 12.8 Å². The Kier molecular flexibility index (Phi) is 3.23. The Balaban J connectivity index is 1.87. The topological polar surface area (TPSA) is 32.3 Å². The monoisotopic (exact) mass is 276 g/mol. The molecule has 1 aromatic rings. The number of rotatable bonds is 1. The third-order valence-corrected chi connectivity index (χ3v) is 4.13. The van der Waals surface area contributed by atoms with Crippen molar-refractivity contribution in [1.29, 1.82) is 0 Å². The highest BCUT2D eigenvalue weighted by Gasteiger charge is 2.25. The second-order valence-electron chi connectivity index (χ2n) is 5.41. The van der Waals surface area contributed by atoms with Crippen LogP contribution in [0.15, 0.2) is 24.4 Å². The predicted octanol–water partition coefficient (Wildman–Crippen LogP) is 3.36. The Morgan fingerprint density at radius 1 is 1.37 bits per heavy atom. The highest BCUT2D eigenvalue weighted by atomic mass is 35.5. The maximum absolute atomic E-state index is 12.0. The Hall–Kier alpha value is -1.48. The van der Waals surface area contributed by atoms with Crippen molar-refractivity contribution in [2.24, 2.45) is 5.92 Å². The third kappa shape index (κ3) is 2.47. The van der Waals surface area contributed by atoms with Crippen LogP contribution in [0.1, 0.15) is 25.3 Å². The fourth-order valence-corrected chi connectivity index (χ4v) is 2.81. The quantitative estimate of drug-likeness (QED) is 0.798. The highest BCUT2D eigenvalue weighted by molar-refractivity contribution is 6.34. The molecule has 1 saturated heterocycles. The van der Waals surface area contributed by atoms with Crippen LogP contribution in [-0.4, -0.2) is 23.9 Å². The molecule has 100 valence electrons. The van der Waals surface area contributed by atoms with E-state index < -0.39 is 0 Å². The summed E-state index contributed by atoms with van der Waals surface area (Å²) in [5.74, 6) is 0.758. The zero-order valence-corrected chi connectivity index (χ0v) is 11.7. The number of hydrogen-bond acceptors (Lipinski definition) is 2. The average Bonchev–Trinajstić information content (AvgIpc) is 2.68. The van der Waals surface area contributed by atoms with Gasteiger partial charge in [0.15, 0.2) is 0 Å². The SMILES string of the molecule is CC1CCN(/C=C2/C(=O)Nc3cc(Cl)ccc32)CC1. The number of amides is 1. The molecule has 4 heteroatoms. The van der Waals surface area contributed by atoms with Gasteiger partial charge in [-0.1, -0.05) is 24.6 Å². The Morgan fingerprint density at radius 3 is 2.84 bits per heavy atom. The summed E-state index contributed by atoms with van der Waals surface area (Å²) in [4.78, 5) is 14.3. The molecule has 2 heterocycles. The van der Waals surface area contributed by atoms with Crippen molar-refractivity contribution in [2.45, 2.75) is 19.8 Å². The number of nitrogens with one attached hydrogen (secondary N) is 1. The molecule has 0 spiro atoms. The first kappa shape index (κ1) is 12.5. The van der Waals surface area contributed by atoms with Crippen LogP contribution in [0, 0.1) is 5.92 Å². The number of fused-ring (bicyclic) bond motifs is 1. The summed E-state index contributed by atoms with van der Waals surface area (Å²) in [6.45, 7) is 4.34. The fourth-order valence-electron chi connectivity index (χ4n) is 2.64. The second-order valence-corrected chi connectivity index (χ2v) is 5.84. The van der Waals surface area contributed by atoms with Gasteiger partial charge in [-0.2, -0.15) is 0 Å². The molecule has 1 fully saturated rings. The number of carbonyl (C=O) groups excluding carboxylic acids is 1. The Morgan fingerprint density at radius 2 is 2.11 bits per heavy atom. The first-order chi connectivity index (χ1) is 9.13. The van der Waals surface area contributed by atoms with Gasteiger partial charge < -0.3 is 10.2 Å². The lowest BCUT2D eigenvalue weighted by molar-refractivity contribution is -0.110.